The SMILES string of the molecule is Cc1ccc(CN2C(=O)S/C(=C\c3ccc(N4CCOCC4)c(F)c3)C2=O)cc1. The van der Waals surface area contributed by atoms with Gasteiger partial charge in [0.15, 0.2) is 0 Å². The largest absolute Gasteiger partial charge is 0.378 e. The van der Waals surface area contributed by atoms with Crippen LogP contribution in [0.4, 0.5) is 14.9 Å². The topological polar surface area (TPSA) is 49.9 Å². The third-order valence-corrected chi connectivity index (χ3v) is 5.86. The fraction of sp³-hybridized carbons (Fsp3) is 0.273. The van der Waals surface area contributed by atoms with Gasteiger partial charge >= 0.3 is 0 Å². The van der Waals surface area contributed by atoms with E-state index in [2.05, 4.69) is 0 Å². The van der Waals surface area contributed by atoms with Gasteiger partial charge in [-0.15, -0.1) is 0 Å². The molecule has 150 valence electrons. The van der Waals surface area contributed by atoms with Crippen molar-refractivity contribution in [2.24, 2.45) is 0 Å². The van der Waals surface area contributed by atoms with Gasteiger partial charge in [0.25, 0.3) is 11.1 Å². The van der Waals surface area contributed by atoms with Gasteiger partial charge in [0.1, 0.15) is 5.82 Å². The van der Waals surface area contributed by atoms with E-state index in [9.17, 15) is 14.0 Å². The minimum absolute atomic E-state index is 0.229. The summed E-state index contributed by atoms with van der Waals surface area (Å²) in [7, 11) is 0. The number of thioether (sulfide) groups is 1. The van der Waals surface area contributed by atoms with Gasteiger partial charge in [0.05, 0.1) is 30.4 Å². The molecule has 29 heavy (non-hydrogen) atoms. The highest BCUT2D eigenvalue weighted by Crippen LogP contribution is 2.34. The number of halogens is 1. The normalized spacial score (nSPS) is 18.8. The third-order valence-electron chi connectivity index (χ3n) is 4.96. The van der Waals surface area contributed by atoms with Crippen molar-refractivity contribution < 1.29 is 18.7 Å². The lowest BCUT2D eigenvalue weighted by molar-refractivity contribution is -0.123. The Morgan fingerprint density at radius 1 is 1.10 bits per heavy atom. The van der Waals surface area contributed by atoms with Gasteiger partial charge < -0.3 is 9.64 Å². The van der Waals surface area contributed by atoms with E-state index < -0.39 is 0 Å². The summed E-state index contributed by atoms with van der Waals surface area (Å²) in [6.07, 6.45) is 1.58. The van der Waals surface area contributed by atoms with E-state index >= 15 is 0 Å². The molecule has 5 nitrogen and oxygen atoms in total. The summed E-state index contributed by atoms with van der Waals surface area (Å²) in [5.74, 6) is -0.697. The molecule has 0 radical (unpaired) electrons. The molecule has 0 saturated carbocycles. The molecule has 0 atom stereocenters. The highest BCUT2D eigenvalue weighted by Gasteiger charge is 2.35. The number of hydrogen-bond acceptors (Lipinski definition) is 5. The number of carbonyl (C=O) groups excluding carboxylic acids is 2. The third kappa shape index (κ3) is 4.36. The molecule has 0 aliphatic carbocycles. The molecule has 2 aliphatic heterocycles. The van der Waals surface area contributed by atoms with Crippen molar-refractivity contribution in [3.63, 3.8) is 0 Å². The van der Waals surface area contributed by atoms with Gasteiger partial charge in [-0.2, -0.15) is 0 Å². The predicted octanol–water partition coefficient (Wildman–Crippen LogP) is 4.21. The van der Waals surface area contributed by atoms with Crippen molar-refractivity contribution in [2.45, 2.75) is 13.5 Å². The lowest BCUT2D eigenvalue weighted by Crippen LogP contribution is -2.36. The highest BCUT2D eigenvalue weighted by molar-refractivity contribution is 8.18. The number of aryl methyl sites for hydroxylation is 1. The first-order chi connectivity index (χ1) is 14.0. The van der Waals surface area contributed by atoms with Gasteiger partial charge in [-0.25, -0.2) is 4.39 Å². The summed E-state index contributed by atoms with van der Waals surface area (Å²) in [5.41, 5.74) is 3.09. The zero-order valence-corrected chi connectivity index (χ0v) is 16.9. The average Bonchev–Trinajstić information content (AvgIpc) is 2.98. The molecule has 0 unspecified atom stereocenters. The van der Waals surface area contributed by atoms with Crippen molar-refractivity contribution >= 4 is 34.7 Å². The smallest absolute Gasteiger partial charge is 0.293 e. The number of hydrogen-bond donors (Lipinski definition) is 0. The second kappa shape index (κ2) is 8.39. The Morgan fingerprint density at radius 2 is 1.83 bits per heavy atom. The fourth-order valence-electron chi connectivity index (χ4n) is 3.34. The molecule has 2 amide bonds. The first-order valence-corrected chi connectivity index (χ1v) is 10.3. The number of morpholine rings is 1. The molecule has 2 fully saturated rings. The first-order valence-electron chi connectivity index (χ1n) is 9.44. The van der Waals surface area contributed by atoms with Crippen molar-refractivity contribution in [1.29, 1.82) is 0 Å². The van der Waals surface area contributed by atoms with Crippen LogP contribution in [0, 0.1) is 12.7 Å². The summed E-state index contributed by atoms with van der Waals surface area (Å²) >= 11 is 0.886. The maximum Gasteiger partial charge on any atom is 0.293 e. The number of imide groups is 1. The number of rotatable bonds is 4. The zero-order valence-electron chi connectivity index (χ0n) is 16.1. The van der Waals surface area contributed by atoms with Crippen LogP contribution in [0.5, 0.6) is 0 Å². The molecule has 2 aliphatic rings. The lowest BCUT2D eigenvalue weighted by atomic mass is 10.1. The molecule has 4 rings (SSSR count). The summed E-state index contributed by atoms with van der Waals surface area (Å²) in [6, 6.07) is 12.6. The van der Waals surface area contributed by atoms with Gasteiger partial charge in [0, 0.05) is 13.1 Å². The average molecular weight is 412 g/mol. The van der Waals surface area contributed by atoms with Crippen LogP contribution in [0.3, 0.4) is 0 Å². The maximum atomic E-state index is 14.6. The van der Waals surface area contributed by atoms with Gasteiger partial charge in [0.2, 0.25) is 0 Å². The van der Waals surface area contributed by atoms with E-state index in [1.54, 1.807) is 18.2 Å². The minimum atomic E-state index is -0.349. The molecule has 0 aromatic heterocycles. The number of amides is 2. The molecular formula is C22H21FN2O3S. The van der Waals surface area contributed by atoms with E-state index in [0.29, 0.717) is 42.5 Å². The Labute approximate surface area is 173 Å². The summed E-state index contributed by atoms with van der Waals surface area (Å²) in [5, 5.41) is -0.313. The van der Waals surface area contributed by atoms with Crippen LogP contribution < -0.4 is 4.90 Å². The van der Waals surface area contributed by atoms with E-state index in [1.807, 2.05) is 36.1 Å². The Balaban J connectivity index is 1.50. The van der Waals surface area contributed by atoms with Crippen LogP contribution in [0.15, 0.2) is 47.4 Å². The standard InChI is InChI=1S/C22H21FN2O3S/c1-15-2-4-16(5-3-15)14-25-21(26)20(29-22(25)27)13-17-6-7-19(18(23)12-17)24-8-10-28-11-9-24/h2-7,12-13H,8-11,14H2,1H3/b20-13-. The molecule has 2 aromatic rings. The molecule has 2 heterocycles. The zero-order chi connectivity index (χ0) is 20.4. The molecule has 7 heteroatoms. The molecule has 0 spiro atoms. The fourth-order valence-corrected chi connectivity index (χ4v) is 4.18. The maximum absolute atomic E-state index is 14.6. The molecule has 0 bridgehead atoms. The second-order valence-electron chi connectivity index (χ2n) is 7.06. The van der Waals surface area contributed by atoms with Crippen LogP contribution in [0.1, 0.15) is 16.7 Å². The van der Waals surface area contributed by atoms with Crippen LogP contribution >= 0.6 is 11.8 Å². The molecule has 0 N–H and O–H groups in total. The van der Waals surface area contributed by atoms with Crippen LogP contribution in [0.25, 0.3) is 6.08 Å². The summed E-state index contributed by atoms with van der Waals surface area (Å²) < 4.78 is 19.9. The Kier molecular flexibility index (Phi) is 5.69. The summed E-state index contributed by atoms with van der Waals surface area (Å²) in [6.45, 7) is 4.66. The monoisotopic (exact) mass is 412 g/mol. The van der Waals surface area contributed by atoms with Crippen LogP contribution in [-0.2, 0) is 16.1 Å². The number of carbonyl (C=O) groups is 2. The van der Waals surface area contributed by atoms with Gasteiger partial charge in [-0.3, -0.25) is 14.5 Å². The lowest BCUT2D eigenvalue weighted by Gasteiger charge is -2.29. The molecule has 2 aromatic carbocycles. The quantitative estimate of drug-likeness (QED) is 0.705. The Bertz CT molecular complexity index is 969. The minimum Gasteiger partial charge on any atom is -0.378 e. The van der Waals surface area contributed by atoms with Crippen LogP contribution in [0.2, 0.25) is 0 Å². The van der Waals surface area contributed by atoms with Gasteiger partial charge in [-0.1, -0.05) is 35.9 Å². The Hall–Kier alpha value is -2.64. The number of nitrogens with zero attached hydrogens (tertiary/aromatic N) is 2. The number of ether oxygens (including phenoxy) is 1. The molecular weight excluding hydrogens is 391 g/mol. The van der Waals surface area contributed by atoms with Crippen molar-refractivity contribution in [3.05, 3.63) is 69.9 Å². The highest BCUT2D eigenvalue weighted by atomic mass is 32.2. The first kappa shape index (κ1) is 19.7. The Morgan fingerprint density at radius 3 is 2.52 bits per heavy atom. The van der Waals surface area contributed by atoms with E-state index in [1.165, 1.54) is 11.0 Å². The number of benzene rings is 2. The van der Waals surface area contributed by atoms with Crippen molar-refractivity contribution in [2.75, 3.05) is 31.2 Å². The van der Waals surface area contributed by atoms with E-state index in [0.717, 1.165) is 22.9 Å². The molecule has 2 saturated heterocycles. The number of anilines is 1. The van der Waals surface area contributed by atoms with Crippen molar-refractivity contribution in [1.82, 2.24) is 4.90 Å². The van der Waals surface area contributed by atoms with Gasteiger partial charge in [-0.05, 0) is 48.0 Å². The second-order valence-corrected chi connectivity index (χ2v) is 8.06. The van der Waals surface area contributed by atoms with Crippen molar-refractivity contribution in [3.8, 4) is 0 Å². The van der Waals surface area contributed by atoms with Crippen LogP contribution in [-0.4, -0.2) is 42.3 Å². The van der Waals surface area contributed by atoms with E-state index in [4.69, 9.17) is 4.74 Å². The summed E-state index contributed by atoms with van der Waals surface area (Å²) in [4.78, 5) is 28.5. The predicted molar refractivity (Wildman–Crippen MR) is 112 cm³/mol. The van der Waals surface area contributed by atoms with E-state index in [-0.39, 0.29) is 23.5 Å².